The van der Waals surface area contributed by atoms with Gasteiger partial charge in [0.2, 0.25) is 11.3 Å². The second-order valence-electron chi connectivity index (χ2n) is 7.74. The van der Waals surface area contributed by atoms with Gasteiger partial charge in [-0.05, 0) is 57.7 Å². The van der Waals surface area contributed by atoms with E-state index in [9.17, 15) is 9.59 Å². The van der Waals surface area contributed by atoms with Crippen molar-refractivity contribution in [1.29, 1.82) is 0 Å². The summed E-state index contributed by atoms with van der Waals surface area (Å²) in [6.07, 6.45) is 1.63. The van der Waals surface area contributed by atoms with Crippen molar-refractivity contribution < 1.29 is 14.3 Å². The summed E-state index contributed by atoms with van der Waals surface area (Å²) in [5.41, 5.74) is -0.338. The fourth-order valence-electron chi connectivity index (χ4n) is 3.16. The van der Waals surface area contributed by atoms with Crippen LogP contribution >= 0.6 is 0 Å². The normalized spacial score (nSPS) is 20.2. The molecule has 1 aliphatic carbocycles. The Morgan fingerprint density at radius 1 is 1.04 bits per heavy atom. The molecule has 0 amide bonds. The number of aryl methyl sites for hydroxylation is 1. The van der Waals surface area contributed by atoms with E-state index in [1.807, 2.05) is 30.3 Å². The Balaban J connectivity index is 2.08. The minimum absolute atomic E-state index is 0.270. The third kappa shape index (κ3) is 4.13. The van der Waals surface area contributed by atoms with E-state index in [1.54, 1.807) is 45.0 Å². The number of azo groups is 1. The van der Waals surface area contributed by atoms with Crippen LogP contribution in [0.25, 0.3) is 0 Å². The largest absolute Gasteiger partial charge is 0.458 e. The van der Waals surface area contributed by atoms with Gasteiger partial charge >= 0.3 is 5.97 Å². The number of hydrogen-bond donors (Lipinski definition) is 0. The van der Waals surface area contributed by atoms with Crippen molar-refractivity contribution in [3.63, 3.8) is 0 Å². The highest BCUT2D eigenvalue weighted by atomic mass is 16.6. The fraction of sp³-hybridized carbons (Fsp3) is 0.364. The summed E-state index contributed by atoms with van der Waals surface area (Å²) >= 11 is 0. The number of esters is 1. The summed E-state index contributed by atoms with van der Waals surface area (Å²) in [5.74, 6) is -0.985. The third-order valence-electron chi connectivity index (χ3n) is 4.45. The van der Waals surface area contributed by atoms with E-state index >= 15 is 0 Å². The zero-order valence-corrected chi connectivity index (χ0v) is 15.9. The number of benzene rings is 2. The van der Waals surface area contributed by atoms with Gasteiger partial charge in [0.1, 0.15) is 5.60 Å². The average molecular weight is 364 g/mol. The number of carbonyl (C=O) groups excluding carboxylic acids is 2. The number of nitrogens with zero attached hydrogens (tertiary/aromatic N) is 2. The molecule has 0 N–H and O–H groups in total. The lowest BCUT2D eigenvalue weighted by molar-refractivity contribution is -0.159. The van der Waals surface area contributed by atoms with Crippen LogP contribution in [0.4, 0.5) is 5.69 Å². The summed E-state index contributed by atoms with van der Waals surface area (Å²) in [6.45, 7) is 5.34. The molecule has 0 spiro atoms. The van der Waals surface area contributed by atoms with Gasteiger partial charge in [-0.15, -0.1) is 0 Å². The molecular weight excluding hydrogens is 340 g/mol. The first-order chi connectivity index (χ1) is 12.8. The maximum absolute atomic E-state index is 13.5. The molecule has 0 fully saturated rings. The average Bonchev–Trinajstić information content (AvgIpc) is 2.77. The Morgan fingerprint density at radius 3 is 2.41 bits per heavy atom. The van der Waals surface area contributed by atoms with E-state index < -0.39 is 17.1 Å². The lowest BCUT2D eigenvalue weighted by Crippen LogP contribution is -2.48. The number of hydrogen-bond acceptors (Lipinski definition) is 5. The minimum atomic E-state index is -1.66. The molecule has 2 aromatic rings. The Hall–Kier alpha value is -2.82. The molecule has 5 heteroatoms. The molecule has 140 valence electrons. The van der Waals surface area contributed by atoms with Crippen LogP contribution in [0.3, 0.4) is 0 Å². The van der Waals surface area contributed by atoms with Gasteiger partial charge in [-0.3, -0.25) is 4.79 Å². The summed E-state index contributed by atoms with van der Waals surface area (Å²) < 4.78 is 5.60. The van der Waals surface area contributed by atoms with E-state index in [0.717, 1.165) is 5.56 Å². The molecule has 1 aliphatic rings. The van der Waals surface area contributed by atoms with Gasteiger partial charge in [-0.2, -0.15) is 10.2 Å². The summed E-state index contributed by atoms with van der Waals surface area (Å²) in [4.78, 5) is 26.6. The van der Waals surface area contributed by atoms with Crippen LogP contribution in [-0.2, 0) is 16.0 Å². The zero-order chi connectivity index (χ0) is 19.5. The van der Waals surface area contributed by atoms with Crippen molar-refractivity contribution in [3.8, 4) is 0 Å². The van der Waals surface area contributed by atoms with Crippen molar-refractivity contribution in [3.05, 3.63) is 65.7 Å². The molecule has 0 aliphatic heterocycles. The molecule has 0 heterocycles. The maximum Gasteiger partial charge on any atom is 0.344 e. The highest BCUT2D eigenvalue weighted by Gasteiger charge is 2.51. The van der Waals surface area contributed by atoms with Gasteiger partial charge in [0, 0.05) is 5.56 Å². The predicted molar refractivity (Wildman–Crippen MR) is 103 cm³/mol. The van der Waals surface area contributed by atoms with Gasteiger partial charge in [-0.25, -0.2) is 4.79 Å². The van der Waals surface area contributed by atoms with Crippen molar-refractivity contribution in [1.82, 2.24) is 0 Å². The maximum atomic E-state index is 13.5. The zero-order valence-electron chi connectivity index (χ0n) is 15.9. The first-order valence-electron chi connectivity index (χ1n) is 9.16. The Labute approximate surface area is 159 Å². The van der Waals surface area contributed by atoms with Crippen molar-refractivity contribution >= 4 is 17.4 Å². The Morgan fingerprint density at radius 2 is 1.70 bits per heavy atom. The standard InChI is InChI=1S/C22H24N2O3/c1-21(2,3)27-20(26)22(24-23-17-12-5-4-6-13-17)15-9-11-16-10-7-8-14-18(16)19(22)25/h4-8,10,12-14H,9,11,15H2,1-3H3/t22-/m1/s1. The number of ether oxygens (including phenoxy) is 1. The Bertz CT molecular complexity index is 869. The lowest BCUT2D eigenvalue weighted by atomic mass is 9.87. The number of fused-ring (bicyclic) bond motifs is 1. The van der Waals surface area contributed by atoms with Crippen LogP contribution in [0.15, 0.2) is 64.8 Å². The molecule has 2 aromatic carbocycles. The van der Waals surface area contributed by atoms with Crippen LogP contribution in [0.1, 0.15) is 49.5 Å². The molecule has 3 rings (SSSR count). The second kappa shape index (κ2) is 7.43. The van der Waals surface area contributed by atoms with Gasteiger partial charge in [-0.1, -0.05) is 42.5 Å². The number of Topliss-reactive ketones (excluding diaryl/α,β-unsaturated/α-hetero) is 1. The van der Waals surface area contributed by atoms with E-state index in [0.29, 0.717) is 24.1 Å². The highest BCUT2D eigenvalue weighted by molar-refractivity contribution is 6.17. The highest BCUT2D eigenvalue weighted by Crippen LogP contribution is 2.34. The van der Waals surface area contributed by atoms with Gasteiger partial charge in [0.05, 0.1) is 5.69 Å². The van der Waals surface area contributed by atoms with Gasteiger partial charge < -0.3 is 4.74 Å². The molecule has 5 nitrogen and oxygen atoms in total. The smallest absolute Gasteiger partial charge is 0.344 e. The van der Waals surface area contributed by atoms with Crippen LogP contribution in [-0.4, -0.2) is 22.9 Å². The van der Waals surface area contributed by atoms with E-state index in [4.69, 9.17) is 4.74 Å². The molecule has 0 unspecified atom stereocenters. The van der Waals surface area contributed by atoms with Gasteiger partial charge in [0.25, 0.3) is 0 Å². The predicted octanol–water partition coefficient (Wildman–Crippen LogP) is 5.07. The molecule has 0 radical (unpaired) electrons. The van der Waals surface area contributed by atoms with Crippen LogP contribution in [0, 0.1) is 0 Å². The first kappa shape index (κ1) is 19.0. The van der Waals surface area contributed by atoms with E-state index in [1.165, 1.54) is 0 Å². The summed E-state index contributed by atoms with van der Waals surface area (Å²) in [7, 11) is 0. The SMILES string of the molecule is CC(C)(C)OC(=O)[C@@]1(N=Nc2ccccc2)CCCc2ccccc2C1=O. The molecular formula is C22H24N2O3. The van der Waals surface area contributed by atoms with Crippen molar-refractivity contribution in [2.24, 2.45) is 10.2 Å². The topological polar surface area (TPSA) is 68.1 Å². The lowest BCUT2D eigenvalue weighted by Gasteiger charge is -2.28. The van der Waals surface area contributed by atoms with E-state index in [-0.39, 0.29) is 12.2 Å². The molecule has 0 saturated carbocycles. The second-order valence-corrected chi connectivity index (χ2v) is 7.74. The number of rotatable bonds is 3. The van der Waals surface area contributed by atoms with Crippen LogP contribution in [0.5, 0.6) is 0 Å². The third-order valence-corrected chi connectivity index (χ3v) is 4.45. The molecule has 0 saturated heterocycles. The molecule has 0 bridgehead atoms. The molecule has 27 heavy (non-hydrogen) atoms. The first-order valence-corrected chi connectivity index (χ1v) is 9.16. The van der Waals surface area contributed by atoms with Crippen LogP contribution in [0.2, 0.25) is 0 Å². The number of carbonyl (C=O) groups is 2. The quantitative estimate of drug-likeness (QED) is 0.330. The number of ketones is 1. The van der Waals surface area contributed by atoms with Gasteiger partial charge in [0.15, 0.2) is 0 Å². The monoisotopic (exact) mass is 364 g/mol. The molecule has 0 aromatic heterocycles. The van der Waals surface area contributed by atoms with Crippen molar-refractivity contribution in [2.45, 2.75) is 51.2 Å². The Kier molecular flexibility index (Phi) is 5.22. The summed E-state index contributed by atoms with van der Waals surface area (Å²) in [6, 6.07) is 16.5. The fourth-order valence-corrected chi connectivity index (χ4v) is 3.16. The van der Waals surface area contributed by atoms with E-state index in [2.05, 4.69) is 10.2 Å². The molecule has 1 atom stereocenters. The van der Waals surface area contributed by atoms with Crippen LogP contribution < -0.4 is 0 Å². The van der Waals surface area contributed by atoms with Crippen molar-refractivity contribution in [2.75, 3.05) is 0 Å². The minimum Gasteiger partial charge on any atom is -0.458 e. The summed E-state index contributed by atoms with van der Waals surface area (Å²) in [5, 5.41) is 8.53.